The summed E-state index contributed by atoms with van der Waals surface area (Å²) in [6, 6.07) is 15.6. The Balaban J connectivity index is 1.87. The molecule has 2 unspecified atom stereocenters. The quantitative estimate of drug-likeness (QED) is 0.728. The van der Waals surface area contributed by atoms with E-state index in [0.29, 0.717) is 16.3 Å². The van der Waals surface area contributed by atoms with E-state index >= 15 is 0 Å². The number of benzene rings is 2. The molecule has 0 amide bonds. The number of rotatable bonds is 3. The van der Waals surface area contributed by atoms with Crippen LogP contribution in [0, 0.1) is 5.92 Å². The number of aromatic nitrogens is 1. The minimum Gasteiger partial charge on any atom is -0.354 e. The summed E-state index contributed by atoms with van der Waals surface area (Å²) >= 11 is 6.15. The van der Waals surface area contributed by atoms with E-state index in [1.807, 2.05) is 30.3 Å². The number of likely N-dealkylation sites (tertiary alicyclic amines) is 1. The fourth-order valence-corrected chi connectivity index (χ4v) is 4.30. The van der Waals surface area contributed by atoms with Gasteiger partial charge >= 0.3 is 0 Å². The Morgan fingerprint density at radius 1 is 1.19 bits per heavy atom. The lowest BCUT2D eigenvalue weighted by Gasteiger charge is -2.28. The monoisotopic (exact) mass is 367 g/mol. The van der Waals surface area contributed by atoms with Crippen LogP contribution in [0.4, 0.5) is 0 Å². The number of quaternary nitrogens is 1. The van der Waals surface area contributed by atoms with Crippen molar-refractivity contribution in [3.05, 3.63) is 69.3 Å². The first kappa shape index (κ1) is 17.3. The summed E-state index contributed by atoms with van der Waals surface area (Å²) in [6.07, 6.45) is 2.52. The van der Waals surface area contributed by atoms with E-state index in [9.17, 15) is 4.79 Å². The second-order valence-corrected chi connectivity index (χ2v) is 7.93. The zero-order valence-electron chi connectivity index (χ0n) is 15.0. The number of piperidine rings is 1. The third-order valence-electron chi connectivity index (χ3n) is 5.42. The highest BCUT2D eigenvalue weighted by atomic mass is 35.5. The number of halogens is 1. The molecule has 0 saturated carbocycles. The lowest BCUT2D eigenvalue weighted by molar-refractivity contribution is -0.922. The number of pyridine rings is 1. The van der Waals surface area contributed by atoms with Crippen LogP contribution in [-0.2, 0) is 6.54 Å². The maximum absolute atomic E-state index is 13.3. The van der Waals surface area contributed by atoms with E-state index in [1.165, 1.54) is 17.7 Å². The van der Waals surface area contributed by atoms with Gasteiger partial charge in [-0.15, -0.1) is 0 Å². The van der Waals surface area contributed by atoms with E-state index in [4.69, 9.17) is 11.6 Å². The van der Waals surface area contributed by atoms with Gasteiger partial charge in [0, 0.05) is 21.8 Å². The van der Waals surface area contributed by atoms with Crippen molar-refractivity contribution in [2.45, 2.75) is 26.3 Å². The molecule has 3 aromatic rings. The second-order valence-electron chi connectivity index (χ2n) is 7.49. The smallest absolute Gasteiger partial charge is 0.198 e. The Morgan fingerprint density at radius 3 is 2.77 bits per heavy atom. The predicted molar refractivity (Wildman–Crippen MR) is 108 cm³/mol. The fraction of sp³-hybridized carbons (Fsp3) is 0.318. The van der Waals surface area contributed by atoms with Crippen LogP contribution in [0.5, 0.6) is 0 Å². The number of hydrogen-bond donors (Lipinski definition) is 2. The highest BCUT2D eigenvalue weighted by Gasteiger charge is 2.23. The van der Waals surface area contributed by atoms with Crippen LogP contribution in [0.3, 0.4) is 0 Å². The predicted octanol–water partition coefficient (Wildman–Crippen LogP) is 3.66. The highest BCUT2D eigenvalue weighted by molar-refractivity contribution is 6.31. The molecule has 2 atom stereocenters. The molecule has 1 aromatic heterocycles. The molecule has 4 rings (SSSR count). The molecule has 1 aliphatic rings. The van der Waals surface area contributed by atoms with Gasteiger partial charge in [0.1, 0.15) is 6.54 Å². The van der Waals surface area contributed by atoms with Crippen molar-refractivity contribution in [3.8, 4) is 11.3 Å². The Morgan fingerprint density at radius 2 is 2.00 bits per heavy atom. The lowest BCUT2D eigenvalue weighted by Crippen LogP contribution is -3.12. The van der Waals surface area contributed by atoms with Gasteiger partial charge in [-0.05, 0) is 36.6 Å². The molecule has 1 fully saturated rings. The van der Waals surface area contributed by atoms with Gasteiger partial charge in [-0.2, -0.15) is 0 Å². The topological polar surface area (TPSA) is 37.3 Å². The normalized spacial score (nSPS) is 20.4. The number of aromatic amines is 1. The van der Waals surface area contributed by atoms with Crippen LogP contribution in [0.15, 0.2) is 53.3 Å². The largest absolute Gasteiger partial charge is 0.354 e. The van der Waals surface area contributed by atoms with Crippen LogP contribution in [0.2, 0.25) is 5.02 Å². The summed E-state index contributed by atoms with van der Waals surface area (Å²) in [5.74, 6) is 0.716. The molecule has 0 spiro atoms. The fourth-order valence-electron chi connectivity index (χ4n) is 4.13. The van der Waals surface area contributed by atoms with E-state index < -0.39 is 0 Å². The SMILES string of the molecule is CC1CCC[NH+](Cc2c(-c3ccccc3)[nH]c3ccc(Cl)cc3c2=O)C1. The van der Waals surface area contributed by atoms with E-state index in [2.05, 4.69) is 24.0 Å². The Labute approximate surface area is 158 Å². The average Bonchev–Trinajstić information content (AvgIpc) is 2.65. The van der Waals surface area contributed by atoms with Gasteiger partial charge in [0.2, 0.25) is 0 Å². The summed E-state index contributed by atoms with van der Waals surface area (Å²) in [5.41, 5.74) is 3.81. The second kappa shape index (κ2) is 7.26. The standard InChI is InChI=1S/C22H23ClN2O/c1-15-6-5-11-25(13-15)14-19-21(16-7-3-2-4-8-16)24-20-10-9-17(23)12-18(20)22(19)26/h2-4,7-10,12,15H,5-6,11,13-14H2,1H3,(H,24,26)/p+1. The van der Waals surface area contributed by atoms with Crippen LogP contribution in [0.25, 0.3) is 22.2 Å². The first-order chi connectivity index (χ1) is 12.6. The minimum atomic E-state index is 0.103. The van der Waals surface area contributed by atoms with Gasteiger partial charge in [0.25, 0.3) is 0 Å². The Bertz CT molecular complexity index is 981. The van der Waals surface area contributed by atoms with Crippen molar-refractivity contribution in [1.29, 1.82) is 0 Å². The van der Waals surface area contributed by atoms with Crippen LogP contribution >= 0.6 is 11.6 Å². The molecule has 4 heteroatoms. The molecule has 1 saturated heterocycles. The molecule has 134 valence electrons. The number of fused-ring (bicyclic) bond motifs is 1. The molecular weight excluding hydrogens is 344 g/mol. The summed E-state index contributed by atoms with van der Waals surface area (Å²) in [5, 5.41) is 1.27. The Kier molecular flexibility index (Phi) is 4.84. The lowest BCUT2D eigenvalue weighted by atomic mass is 9.98. The zero-order valence-corrected chi connectivity index (χ0v) is 15.8. The van der Waals surface area contributed by atoms with Gasteiger partial charge < -0.3 is 9.88 Å². The third kappa shape index (κ3) is 3.42. The molecule has 0 bridgehead atoms. The molecule has 2 heterocycles. The zero-order chi connectivity index (χ0) is 18.1. The number of H-pyrrole nitrogens is 1. The third-order valence-corrected chi connectivity index (χ3v) is 5.65. The van der Waals surface area contributed by atoms with E-state index in [0.717, 1.165) is 42.0 Å². The molecule has 1 aliphatic heterocycles. The van der Waals surface area contributed by atoms with Crippen LogP contribution in [0.1, 0.15) is 25.3 Å². The van der Waals surface area contributed by atoms with Crippen LogP contribution < -0.4 is 10.3 Å². The van der Waals surface area contributed by atoms with Gasteiger partial charge in [-0.25, -0.2) is 0 Å². The van der Waals surface area contributed by atoms with Crippen molar-refractivity contribution >= 4 is 22.5 Å². The summed E-state index contributed by atoms with van der Waals surface area (Å²) < 4.78 is 0. The van der Waals surface area contributed by atoms with Crippen molar-refractivity contribution in [3.63, 3.8) is 0 Å². The molecule has 2 aromatic carbocycles. The molecule has 0 radical (unpaired) electrons. The van der Waals surface area contributed by atoms with E-state index in [-0.39, 0.29) is 5.43 Å². The summed E-state index contributed by atoms with van der Waals surface area (Å²) in [7, 11) is 0. The first-order valence-corrected chi connectivity index (χ1v) is 9.73. The van der Waals surface area contributed by atoms with Crippen molar-refractivity contribution < 1.29 is 4.90 Å². The summed E-state index contributed by atoms with van der Waals surface area (Å²) in [6.45, 7) is 5.32. The first-order valence-electron chi connectivity index (χ1n) is 9.35. The van der Waals surface area contributed by atoms with Gasteiger partial charge in [0.05, 0.1) is 24.3 Å². The maximum Gasteiger partial charge on any atom is 0.198 e. The molecule has 0 aliphatic carbocycles. The average molecular weight is 368 g/mol. The van der Waals surface area contributed by atoms with Crippen molar-refractivity contribution in [1.82, 2.24) is 4.98 Å². The minimum absolute atomic E-state index is 0.103. The van der Waals surface area contributed by atoms with Crippen molar-refractivity contribution in [2.75, 3.05) is 13.1 Å². The van der Waals surface area contributed by atoms with Crippen molar-refractivity contribution in [2.24, 2.45) is 5.92 Å². The molecule has 2 N–H and O–H groups in total. The van der Waals surface area contributed by atoms with E-state index in [1.54, 1.807) is 6.07 Å². The van der Waals surface area contributed by atoms with Gasteiger partial charge in [0.15, 0.2) is 5.43 Å². The summed E-state index contributed by atoms with van der Waals surface area (Å²) in [4.78, 5) is 18.3. The number of nitrogens with one attached hydrogen (secondary N) is 2. The van der Waals surface area contributed by atoms with Crippen LogP contribution in [-0.4, -0.2) is 18.1 Å². The van der Waals surface area contributed by atoms with Gasteiger partial charge in [-0.3, -0.25) is 4.79 Å². The Hall–Kier alpha value is -2.10. The molecular formula is C22H24ClN2O+. The maximum atomic E-state index is 13.3. The molecule has 26 heavy (non-hydrogen) atoms. The number of hydrogen-bond acceptors (Lipinski definition) is 1. The van der Waals surface area contributed by atoms with Gasteiger partial charge in [-0.1, -0.05) is 48.9 Å². The molecule has 3 nitrogen and oxygen atoms in total. The highest BCUT2D eigenvalue weighted by Crippen LogP contribution is 2.24.